The molecule has 3 rings (SSSR count). The summed E-state index contributed by atoms with van der Waals surface area (Å²) in [5.74, 6) is 0.0197. The molecule has 126 valence electrons. The van der Waals surface area contributed by atoms with E-state index in [1.807, 2.05) is 4.90 Å². The van der Waals surface area contributed by atoms with Crippen LogP contribution in [-0.2, 0) is 38.4 Å². The van der Waals surface area contributed by atoms with Gasteiger partial charge in [0.1, 0.15) is 12.3 Å². The number of morpholine rings is 1. The Morgan fingerprint density at radius 1 is 1.30 bits per heavy atom. The molecule has 0 spiro atoms. The minimum absolute atomic E-state index is 0.0197. The standard InChI is InChI=1S/C17H24N2O4/c1-21-17(22-2)16-13(10-19-7-8-23-11-15(19)20)9-12-5-3-4-6-14(12)18-16/h9,17H,3-8,10-11H2,1-2H3. The van der Waals surface area contributed by atoms with Gasteiger partial charge in [-0.15, -0.1) is 0 Å². The van der Waals surface area contributed by atoms with Crippen LogP contribution in [0.2, 0.25) is 0 Å². The average molecular weight is 320 g/mol. The van der Waals surface area contributed by atoms with Crippen LogP contribution in [0.1, 0.15) is 41.6 Å². The Hall–Kier alpha value is -1.50. The highest BCUT2D eigenvalue weighted by molar-refractivity contribution is 5.78. The monoisotopic (exact) mass is 320 g/mol. The third kappa shape index (κ3) is 3.54. The highest BCUT2D eigenvalue weighted by atomic mass is 16.7. The molecule has 2 aliphatic rings. The SMILES string of the molecule is COC(OC)c1nc2c(cc1CN1CCOCC1=O)CCCC2. The molecule has 1 aromatic heterocycles. The molecule has 0 saturated carbocycles. The zero-order valence-corrected chi connectivity index (χ0v) is 13.8. The molecule has 6 heteroatoms. The first-order chi connectivity index (χ1) is 11.2. The third-order valence-corrected chi connectivity index (χ3v) is 4.51. The zero-order chi connectivity index (χ0) is 16.2. The molecule has 1 aliphatic heterocycles. The van der Waals surface area contributed by atoms with Gasteiger partial charge in [-0.25, -0.2) is 0 Å². The van der Waals surface area contributed by atoms with Crippen molar-refractivity contribution in [2.75, 3.05) is 34.0 Å². The van der Waals surface area contributed by atoms with Gasteiger partial charge in [0.15, 0.2) is 0 Å². The lowest BCUT2D eigenvalue weighted by molar-refractivity contribution is -0.143. The summed E-state index contributed by atoms with van der Waals surface area (Å²) in [4.78, 5) is 18.7. The van der Waals surface area contributed by atoms with Gasteiger partial charge in [0.05, 0.1) is 6.61 Å². The lowest BCUT2D eigenvalue weighted by Crippen LogP contribution is -2.41. The van der Waals surface area contributed by atoms with E-state index in [0.717, 1.165) is 29.8 Å². The number of hydrogen-bond acceptors (Lipinski definition) is 5. The van der Waals surface area contributed by atoms with E-state index >= 15 is 0 Å². The largest absolute Gasteiger partial charge is 0.370 e. The van der Waals surface area contributed by atoms with Crippen LogP contribution >= 0.6 is 0 Å². The summed E-state index contributed by atoms with van der Waals surface area (Å²) < 4.78 is 16.0. The smallest absolute Gasteiger partial charge is 0.248 e. The molecule has 0 atom stereocenters. The second-order valence-corrected chi connectivity index (χ2v) is 6.02. The molecular formula is C17H24N2O4. The summed E-state index contributed by atoms with van der Waals surface area (Å²) in [5, 5.41) is 0. The number of ether oxygens (including phenoxy) is 3. The molecule has 6 nitrogen and oxygen atoms in total. The van der Waals surface area contributed by atoms with E-state index in [1.54, 1.807) is 14.2 Å². The third-order valence-electron chi connectivity index (χ3n) is 4.51. The van der Waals surface area contributed by atoms with Gasteiger partial charge in [-0.1, -0.05) is 6.07 Å². The van der Waals surface area contributed by atoms with Crippen LogP contribution in [0.5, 0.6) is 0 Å². The predicted molar refractivity (Wildman–Crippen MR) is 83.9 cm³/mol. The number of nitrogens with zero attached hydrogens (tertiary/aromatic N) is 2. The fraction of sp³-hybridized carbons (Fsp3) is 0.647. The number of hydrogen-bond donors (Lipinski definition) is 0. The van der Waals surface area contributed by atoms with Crippen LogP contribution in [0.15, 0.2) is 6.07 Å². The lowest BCUT2D eigenvalue weighted by atomic mass is 9.93. The summed E-state index contributed by atoms with van der Waals surface area (Å²) in [6.45, 7) is 1.88. The maximum absolute atomic E-state index is 12.0. The summed E-state index contributed by atoms with van der Waals surface area (Å²) in [7, 11) is 3.22. The van der Waals surface area contributed by atoms with Gasteiger partial charge in [-0.2, -0.15) is 0 Å². The molecule has 1 fully saturated rings. The Bertz CT molecular complexity index is 572. The minimum Gasteiger partial charge on any atom is -0.370 e. The van der Waals surface area contributed by atoms with Gasteiger partial charge in [-0.05, 0) is 36.8 Å². The van der Waals surface area contributed by atoms with Crippen molar-refractivity contribution in [1.82, 2.24) is 9.88 Å². The number of methoxy groups -OCH3 is 2. The molecule has 0 N–H and O–H groups in total. The maximum atomic E-state index is 12.0. The number of rotatable bonds is 5. The van der Waals surface area contributed by atoms with Gasteiger partial charge >= 0.3 is 0 Å². The maximum Gasteiger partial charge on any atom is 0.248 e. The van der Waals surface area contributed by atoms with Crippen molar-refractivity contribution in [2.24, 2.45) is 0 Å². The number of fused-ring (bicyclic) bond motifs is 1. The highest BCUT2D eigenvalue weighted by Gasteiger charge is 2.25. The Labute approximate surface area is 136 Å². The fourth-order valence-corrected chi connectivity index (χ4v) is 3.27. The normalized spacial score (nSPS) is 18.4. The van der Waals surface area contributed by atoms with Crippen LogP contribution < -0.4 is 0 Å². The van der Waals surface area contributed by atoms with Gasteiger partial charge in [0.2, 0.25) is 12.2 Å². The van der Waals surface area contributed by atoms with Gasteiger partial charge in [0.25, 0.3) is 0 Å². The number of carbonyl (C=O) groups is 1. The van der Waals surface area contributed by atoms with Crippen molar-refractivity contribution in [2.45, 2.75) is 38.5 Å². The Balaban J connectivity index is 1.93. The minimum atomic E-state index is -0.506. The lowest BCUT2D eigenvalue weighted by Gasteiger charge is -2.29. The molecule has 1 saturated heterocycles. The number of aryl methyl sites for hydroxylation is 2. The van der Waals surface area contributed by atoms with Gasteiger partial charge in [-0.3, -0.25) is 9.78 Å². The predicted octanol–water partition coefficient (Wildman–Crippen LogP) is 1.61. The van der Waals surface area contributed by atoms with Crippen molar-refractivity contribution < 1.29 is 19.0 Å². The topological polar surface area (TPSA) is 60.9 Å². The van der Waals surface area contributed by atoms with Crippen LogP contribution in [0.4, 0.5) is 0 Å². The van der Waals surface area contributed by atoms with E-state index in [0.29, 0.717) is 19.7 Å². The van der Waals surface area contributed by atoms with Gasteiger partial charge < -0.3 is 19.1 Å². The number of pyridine rings is 1. The highest BCUT2D eigenvalue weighted by Crippen LogP contribution is 2.28. The Kier molecular flexibility index (Phi) is 5.25. The van der Waals surface area contributed by atoms with Crippen molar-refractivity contribution in [3.05, 3.63) is 28.6 Å². The Morgan fingerprint density at radius 2 is 2.09 bits per heavy atom. The quantitative estimate of drug-likeness (QED) is 0.772. The second kappa shape index (κ2) is 7.38. The molecule has 0 bridgehead atoms. The van der Waals surface area contributed by atoms with Gasteiger partial charge in [0, 0.05) is 33.0 Å². The molecule has 2 heterocycles. The summed E-state index contributed by atoms with van der Waals surface area (Å²) in [6, 6.07) is 2.19. The van der Waals surface area contributed by atoms with Crippen molar-refractivity contribution >= 4 is 5.91 Å². The van der Waals surface area contributed by atoms with Crippen molar-refractivity contribution in [1.29, 1.82) is 0 Å². The second-order valence-electron chi connectivity index (χ2n) is 6.02. The van der Waals surface area contributed by atoms with Crippen LogP contribution in [0, 0.1) is 0 Å². The molecule has 1 amide bonds. The van der Waals surface area contributed by atoms with E-state index in [2.05, 4.69) is 6.07 Å². The molecule has 1 aliphatic carbocycles. The number of carbonyl (C=O) groups excluding carboxylic acids is 1. The van der Waals surface area contributed by atoms with E-state index < -0.39 is 6.29 Å². The van der Waals surface area contributed by atoms with Crippen molar-refractivity contribution in [3.8, 4) is 0 Å². The molecule has 0 radical (unpaired) electrons. The molecule has 0 unspecified atom stereocenters. The molecule has 0 aromatic carbocycles. The van der Waals surface area contributed by atoms with Crippen molar-refractivity contribution in [3.63, 3.8) is 0 Å². The van der Waals surface area contributed by atoms with Crippen LogP contribution in [0.25, 0.3) is 0 Å². The van der Waals surface area contributed by atoms with E-state index in [1.165, 1.54) is 18.4 Å². The van der Waals surface area contributed by atoms with E-state index in [9.17, 15) is 4.79 Å². The van der Waals surface area contributed by atoms with E-state index in [4.69, 9.17) is 19.2 Å². The number of aromatic nitrogens is 1. The summed E-state index contributed by atoms with van der Waals surface area (Å²) in [6.07, 6.45) is 3.91. The number of amides is 1. The Morgan fingerprint density at radius 3 is 2.83 bits per heavy atom. The fourth-order valence-electron chi connectivity index (χ4n) is 3.27. The first kappa shape index (κ1) is 16.4. The summed E-state index contributed by atoms with van der Waals surface area (Å²) in [5.41, 5.74) is 4.23. The first-order valence-electron chi connectivity index (χ1n) is 8.15. The summed E-state index contributed by atoms with van der Waals surface area (Å²) >= 11 is 0. The first-order valence-corrected chi connectivity index (χ1v) is 8.15. The van der Waals surface area contributed by atoms with Crippen LogP contribution in [-0.4, -0.2) is 49.8 Å². The molecular weight excluding hydrogens is 296 g/mol. The molecule has 1 aromatic rings. The average Bonchev–Trinajstić information content (AvgIpc) is 2.58. The van der Waals surface area contributed by atoms with E-state index in [-0.39, 0.29) is 12.5 Å². The molecule has 23 heavy (non-hydrogen) atoms. The zero-order valence-electron chi connectivity index (χ0n) is 13.8. The van der Waals surface area contributed by atoms with Crippen LogP contribution in [0.3, 0.4) is 0 Å².